The maximum absolute atomic E-state index is 12.3. The summed E-state index contributed by atoms with van der Waals surface area (Å²) in [6.07, 6.45) is 8.24. The Labute approximate surface area is 187 Å². The first kappa shape index (κ1) is 25.0. The number of hydrogen-bond donors (Lipinski definition) is 2. The number of hydrogen-bond acceptors (Lipinski definition) is 4. The minimum atomic E-state index is -0.748. The van der Waals surface area contributed by atoms with E-state index in [4.69, 9.17) is 15.2 Å². The lowest BCUT2D eigenvalue weighted by Gasteiger charge is -2.45. The van der Waals surface area contributed by atoms with Gasteiger partial charge in [-0.3, -0.25) is 0 Å². The SMILES string of the molecule is CCCCCCCc1ccc(OC(=O)NCC2(C)CC(OC(N)=O)CC(C)(C)C2)cc1. The largest absolute Gasteiger partial charge is 0.446 e. The fourth-order valence-electron chi connectivity index (χ4n) is 5.01. The van der Waals surface area contributed by atoms with Gasteiger partial charge in [-0.2, -0.15) is 0 Å². The van der Waals surface area contributed by atoms with Crippen LogP contribution in [0.5, 0.6) is 5.75 Å². The summed E-state index contributed by atoms with van der Waals surface area (Å²) in [6.45, 7) is 9.06. The van der Waals surface area contributed by atoms with E-state index in [9.17, 15) is 9.59 Å². The van der Waals surface area contributed by atoms with Gasteiger partial charge in [0.15, 0.2) is 0 Å². The van der Waals surface area contributed by atoms with Crippen molar-refractivity contribution in [3.63, 3.8) is 0 Å². The molecule has 2 amide bonds. The highest BCUT2D eigenvalue weighted by Crippen LogP contribution is 2.46. The van der Waals surface area contributed by atoms with E-state index in [2.05, 4.69) is 33.0 Å². The molecule has 0 saturated heterocycles. The third kappa shape index (κ3) is 9.19. The molecule has 0 heterocycles. The lowest BCUT2D eigenvalue weighted by molar-refractivity contribution is -0.0163. The van der Waals surface area contributed by atoms with Gasteiger partial charge in [-0.05, 0) is 60.6 Å². The molecule has 1 aromatic rings. The quantitative estimate of drug-likeness (QED) is 0.446. The summed E-state index contributed by atoms with van der Waals surface area (Å²) >= 11 is 0. The number of ether oxygens (including phenoxy) is 2. The van der Waals surface area contributed by atoms with Crippen molar-refractivity contribution in [2.24, 2.45) is 16.6 Å². The minimum absolute atomic E-state index is 0.00886. The Hall–Kier alpha value is -2.24. The first-order valence-electron chi connectivity index (χ1n) is 11.6. The second-order valence-electron chi connectivity index (χ2n) is 10.2. The standard InChI is InChI=1S/C25H40N2O4/c1-5-6-7-8-9-10-19-11-13-20(14-12-19)31-23(29)27-18-25(4)16-21(30-22(26)28)15-24(2,3)17-25/h11-14,21H,5-10,15-18H2,1-4H3,(H2,26,28)(H,27,29). The van der Waals surface area contributed by atoms with Crippen molar-refractivity contribution in [1.82, 2.24) is 5.32 Å². The molecule has 0 radical (unpaired) electrons. The van der Waals surface area contributed by atoms with Crippen LogP contribution in [0.15, 0.2) is 24.3 Å². The van der Waals surface area contributed by atoms with Gasteiger partial charge >= 0.3 is 12.2 Å². The first-order chi connectivity index (χ1) is 14.6. The van der Waals surface area contributed by atoms with Gasteiger partial charge in [0.05, 0.1) is 0 Å². The molecule has 1 aromatic carbocycles. The van der Waals surface area contributed by atoms with Crippen molar-refractivity contribution in [3.8, 4) is 5.75 Å². The van der Waals surface area contributed by atoms with Crippen LogP contribution < -0.4 is 15.8 Å². The zero-order valence-corrected chi connectivity index (χ0v) is 19.7. The van der Waals surface area contributed by atoms with Crippen molar-refractivity contribution < 1.29 is 19.1 Å². The van der Waals surface area contributed by atoms with Gasteiger partial charge in [0.1, 0.15) is 11.9 Å². The number of nitrogens with two attached hydrogens (primary N) is 1. The van der Waals surface area contributed by atoms with E-state index in [0.29, 0.717) is 18.7 Å². The summed E-state index contributed by atoms with van der Waals surface area (Å²) in [7, 11) is 0. The Morgan fingerprint density at radius 3 is 2.39 bits per heavy atom. The number of carbonyl (C=O) groups is 2. The monoisotopic (exact) mass is 432 g/mol. The van der Waals surface area contributed by atoms with Crippen molar-refractivity contribution in [2.75, 3.05) is 6.54 Å². The van der Waals surface area contributed by atoms with Gasteiger partial charge in [-0.15, -0.1) is 0 Å². The fraction of sp³-hybridized carbons (Fsp3) is 0.680. The van der Waals surface area contributed by atoms with Gasteiger partial charge in [0, 0.05) is 6.54 Å². The highest BCUT2D eigenvalue weighted by Gasteiger charge is 2.42. The van der Waals surface area contributed by atoms with Gasteiger partial charge in [-0.25, -0.2) is 9.59 Å². The molecule has 6 nitrogen and oxygen atoms in total. The third-order valence-electron chi connectivity index (χ3n) is 6.05. The maximum atomic E-state index is 12.3. The molecule has 2 unspecified atom stereocenters. The second kappa shape index (κ2) is 11.4. The molecule has 1 aliphatic carbocycles. The van der Waals surface area contributed by atoms with E-state index in [0.717, 1.165) is 19.3 Å². The number of carbonyl (C=O) groups excluding carboxylic acids is 2. The predicted molar refractivity (Wildman–Crippen MR) is 123 cm³/mol. The van der Waals surface area contributed by atoms with Crippen LogP contribution in [0.1, 0.15) is 84.6 Å². The summed E-state index contributed by atoms with van der Waals surface area (Å²) < 4.78 is 10.7. The molecular weight excluding hydrogens is 392 g/mol. The first-order valence-corrected chi connectivity index (χ1v) is 11.6. The number of unbranched alkanes of at least 4 members (excludes halogenated alkanes) is 4. The van der Waals surface area contributed by atoms with Crippen LogP contribution in [0.25, 0.3) is 0 Å². The zero-order valence-electron chi connectivity index (χ0n) is 19.7. The molecular formula is C25H40N2O4. The van der Waals surface area contributed by atoms with Gasteiger partial charge in [0.25, 0.3) is 0 Å². The number of benzene rings is 1. The number of rotatable bonds is 10. The summed E-state index contributed by atoms with van der Waals surface area (Å²) in [5, 5.41) is 2.89. The molecule has 1 aliphatic rings. The van der Waals surface area contributed by atoms with E-state index >= 15 is 0 Å². The zero-order chi connectivity index (χ0) is 22.9. The van der Waals surface area contributed by atoms with Crippen LogP contribution in [0, 0.1) is 10.8 Å². The fourth-order valence-corrected chi connectivity index (χ4v) is 5.01. The van der Waals surface area contributed by atoms with E-state index in [1.807, 2.05) is 24.3 Å². The Bertz CT molecular complexity index is 717. The van der Waals surface area contributed by atoms with Crippen LogP contribution in [0.3, 0.4) is 0 Å². The minimum Gasteiger partial charge on any atom is -0.446 e. The number of amides is 2. The Morgan fingerprint density at radius 2 is 1.74 bits per heavy atom. The second-order valence-corrected chi connectivity index (χ2v) is 10.2. The number of primary amides is 1. The lowest BCUT2D eigenvalue weighted by atomic mass is 9.63. The molecule has 2 rings (SSSR count). The van der Waals surface area contributed by atoms with Crippen LogP contribution in [-0.2, 0) is 11.2 Å². The molecule has 2 atom stereocenters. The molecule has 174 valence electrons. The molecule has 0 aromatic heterocycles. The van der Waals surface area contributed by atoms with Crippen LogP contribution in [0.2, 0.25) is 0 Å². The molecule has 31 heavy (non-hydrogen) atoms. The summed E-state index contributed by atoms with van der Waals surface area (Å²) in [5.41, 5.74) is 6.27. The van der Waals surface area contributed by atoms with Crippen molar-refractivity contribution in [1.29, 1.82) is 0 Å². The van der Waals surface area contributed by atoms with Crippen molar-refractivity contribution >= 4 is 12.2 Å². The average molecular weight is 433 g/mol. The van der Waals surface area contributed by atoms with E-state index in [-0.39, 0.29) is 16.9 Å². The molecule has 6 heteroatoms. The summed E-state index contributed by atoms with van der Waals surface area (Å²) in [6, 6.07) is 7.75. The molecule has 1 saturated carbocycles. The van der Waals surface area contributed by atoms with Crippen LogP contribution in [-0.4, -0.2) is 24.8 Å². The van der Waals surface area contributed by atoms with Crippen LogP contribution in [0.4, 0.5) is 9.59 Å². The number of nitrogens with one attached hydrogen (secondary N) is 1. The normalized spacial score (nSPS) is 22.5. The topological polar surface area (TPSA) is 90.7 Å². The predicted octanol–water partition coefficient (Wildman–Crippen LogP) is 5.97. The van der Waals surface area contributed by atoms with Gasteiger partial charge in [-0.1, -0.05) is 65.5 Å². The Morgan fingerprint density at radius 1 is 1.06 bits per heavy atom. The Kier molecular flexibility index (Phi) is 9.20. The molecule has 1 fully saturated rings. The van der Waals surface area contributed by atoms with Gasteiger partial charge < -0.3 is 20.5 Å². The average Bonchev–Trinajstić information content (AvgIpc) is 2.65. The van der Waals surface area contributed by atoms with Gasteiger partial charge in [0.2, 0.25) is 0 Å². The molecule has 0 spiro atoms. The van der Waals surface area contributed by atoms with Crippen molar-refractivity contribution in [3.05, 3.63) is 29.8 Å². The van der Waals surface area contributed by atoms with E-state index in [1.165, 1.54) is 37.7 Å². The molecule has 0 aliphatic heterocycles. The summed E-state index contributed by atoms with van der Waals surface area (Å²) in [5.74, 6) is 0.538. The van der Waals surface area contributed by atoms with Crippen molar-refractivity contribution in [2.45, 2.75) is 91.6 Å². The molecule has 3 N–H and O–H groups in total. The highest BCUT2D eigenvalue weighted by atomic mass is 16.6. The molecule has 0 bridgehead atoms. The Balaban J connectivity index is 1.80. The smallest absolute Gasteiger partial charge is 0.412 e. The maximum Gasteiger partial charge on any atom is 0.412 e. The van der Waals surface area contributed by atoms with E-state index < -0.39 is 12.2 Å². The summed E-state index contributed by atoms with van der Waals surface area (Å²) in [4.78, 5) is 23.5. The number of aryl methyl sites for hydroxylation is 1. The van der Waals surface area contributed by atoms with E-state index in [1.54, 1.807) is 0 Å². The lowest BCUT2D eigenvalue weighted by Crippen LogP contribution is -2.47. The van der Waals surface area contributed by atoms with Crippen LogP contribution >= 0.6 is 0 Å². The third-order valence-corrected chi connectivity index (χ3v) is 6.05. The highest BCUT2D eigenvalue weighted by molar-refractivity contribution is 5.70.